The summed E-state index contributed by atoms with van der Waals surface area (Å²) in [6, 6.07) is 0. The molecule has 1 N–H and O–H groups in total. The topological polar surface area (TPSA) is 12.0 Å². The summed E-state index contributed by atoms with van der Waals surface area (Å²) in [7, 11) is 0. The molecule has 70 valence electrons. The minimum absolute atomic E-state index is 0.703. The summed E-state index contributed by atoms with van der Waals surface area (Å²) in [4.78, 5) is 0. The molecule has 0 aromatic rings. The van der Waals surface area contributed by atoms with Crippen LogP contribution in [0, 0.1) is 23.2 Å². The third-order valence-electron chi connectivity index (χ3n) is 4.07. The van der Waals surface area contributed by atoms with Crippen LogP contribution in [0.4, 0.5) is 0 Å². The van der Waals surface area contributed by atoms with E-state index in [-0.39, 0.29) is 0 Å². The third kappa shape index (κ3) is 1.02. The molecular weight excluding hydrogens is 146 g/mol. The normalized spacial score (nSPS) is 46.0. The first-order valence-corrected chi connectivity index (χ1v) is 5.36. The van der Waals surface area contributed by atoms with Crippen molar-refractivity contribution in [2.75, 3.05) is 13.1 Å². The van der Waals surface area contributed by atoms with E-state index in [0.717, 1.165) is 17.8 Å². The van der Waals surface area contributed by atoms with Crippen LogP contribution in [0.5, 0.6) is 0 Å². The molecule has 0 radical (unpaired) electrons. The van der Waals surface area contributed by atoms with Crippen molar-refractivity contribution in [1.29, 1.82) is 0 Å². The monoisotopic (exact) mass is 167 g/mol. The van der Waals surface area contributed by atoms with Gasteiger partial charge >= 0.3 is 0 Å². The molecule has 1 heterocycles. The maximum absolute atomic E-state index is 3.56. The predicted octanol–water partition coefficient (Wildman–Crippen LogP) is 2.28. The van der Waals surface area contributed by atoms with Crippen molar-refractivity contribution in [1.82, 2.24) is 5.32 Å². The van der Waals surface area contributed by atoms with Gasteiger partial charge in [-0.25, -0.2) is 0 Å². The lowest BCUT2D eigenvalue weighted by Gasteiger charge is -2.52. The van der Waals surface area contributed by atoms with Crippen LogP contribution in [0.3, 0.4) is 0 Å². The summed E-state index contributed by atoms with van der Waals surface area (Å²) in [6.45, 7) is 9.73. The molecule has 1 heteroatoms. The van der Waals surface area contributed by atoms with E-state index in [4.69, 9.17) is 0 Å². The third-order valence-corrected chi connectivity index (χ3v) is 4.07. The molecule has 1 saturated heterocycles. The smallest absolute Gasteiger partial charge is 0.00137 e. The van der Waals surface area contributed by atoms with Crippen molar-refractivity contribution < 1.29 is 0 Å². The van der Waals surface area contributed by atoms with Gasteiger partial charge in [-0.05, 0) is 42.6 Å². The van der Waals surface area contributed by atoms with Crippen LogP contribution < -0.4 is 5.32 Å². The average Bonchev–Trinajstić information content (AvgIpc) is 2.28. The second-order valence-electron chi connectivity index (χ2n) is 5.30. The molecule has 0 spiro atoms. The summed E-state index contributed by atoms with van der Waals surface area (Å²) in [5.74, 6) is 2.85. The van der Waals surface area contributed by atoms with Crippen molar-refractivity contribution in [3.05, 3.63) is 0 Å². The first-order valence-electron chi connectivity index (χ1n) is 5.36. The molecule has 0 aromatic heterocycles. The minimum atomic E-state index is 0.703. The van der Waals surface area contributed by atoms with Gasteiger partial charge in [0, 0.05) is 6.54 Å². The fraction of sp³-hybridized carbons (Fsp3) is 1.00. The summed E-state index contributed by atoms with van der Waals surface area (Å²) in [5.41, 5.74) is 0.703. The molecule has 2 fully saturated rings. The van der Waals surface area contributed by atoms with Crippen LogP contribution >= 0.6 is 0 Å². The lowest BCUT2D eigenvalue weighted by atomic mass is 9.52. The van der Waals surface area contributed by atoms with Crippen LogP contribution in [-0.4, -0.2) is 13.1 Å². The van der Waals surface area contributed by atoms with Crippen molar-refractivity contribution >= 4 is 0 Å². The van der Waals surface area contributed by atoms with Gasteiger partial charge in [-0.2, -0.15) is 0 Å². The largest absolute Gasteiger partial charge is 0.316 e. The Morgan fingerprint density at radius 2 is 2.25 bits per heavy atom. The number of fused-ring (bicyclic) bond motifs is 1. The Balaban J connectivity index is 2.06. The summed E-state index contributed by atoms with van der Waals surface area (Å²) in [6.07, 6.45) is 2.91. The Bertz CT molecular complexity index is 176. The highest BCUT2D eigenvalue weighted by molar-refractivity contribution is 5.06. The number of nitrogens with one attached hydrogen (secondary N) is 1. The van der Waals surface area contributed by atoms with E-state index < -0.39 is 0 Å². The molecule has 0 amide bonds. The van der Waals surface area contributed by atoms with Gasteiger partial charge in [-0.15, -0.1) is 0 Å². The Hall–Kier alpha value is -0.0400. The van der Waals surface area contributed by atoms with Gasteiger partial charge < -0.3 is 5.32 Å². The van der Waals surface area contributed by atoms with E-state index >= 15 is 0 Å². The molecule has 1 aliphatic heterocycles. The Kier molecular flexibility index (Phi) is 1.95. The van der Waals surface area contributed by atoms with Crippen molar-refractivity contribution in [3.8, 4) is 0 Å². The zero-order valence-electron chi connectivity index (χ0n) is 8.56. The second-order valence-corrected chi connectivity index (χ2v) is 5.30. The van der Waals surface area contributed by atoms with Crippen molar-refractivity contribution in [3.63, 3.8) is 0 Å². The highest BCUT2D eigenvalue weighted by Crippen LogP contribution is 2.56. The zero-order chi connectivity index (χ0) is 8.77. The van der Waals surface area contributed by atoms with Gasteiger partial charge in [0.15, 0.2) is 0 Å². The zero-order valence-corrected chi connectivity index (χ0v) is 8.56. The fourth-order valence-corrected chi connectivity index (χ4v) is 3.42. The lowest BCUT2D eigenvalue weighted by Crippen LogP contribution is -2.48. The molecule has 1 saturated carbocycles. The SMILES string of the molecule is CC(C)CC12CNCC1CC2C. The molecule has 1 aliphatic carbocycles. The highest BCUT2D eigenvalue weighted by Gasteiger charge is 2.54. The molecule has 0 aromatic carbocycles. The molecule has 1 nitrogen and oxygen atoms in total. The maximum atomic E-state index is 3.56. The lowest BCUT2D eigenvalue weighted by molar-refractivity contribution is -0.0165. The second kappa shape index (κ2) is 2.73. The van der Waals surface area contributed by atoms with E-state index in [9.17, 15) is 0 Å². The van der Waals surface area contributed by atoms with Gasteiger partial charge in [0.05, 0.1) is 0 Å². The van der Waals surface area contributed by atoms with Gasteiger partial charge in [0.25, 0.3) is 0 Å². The van der Waals surface area contributed by atoms with Gasteiger partial charge in [0.2, 0.25) is 0 Å². The maximum Gasteiger partial charge on any atom is 0.00137 e. The first kappa shape index (κ1) is 8.55. The molecule has 3 atom stereocenters. The summed E-state index contributed by atoms with van der Waals surface area (Å²) < 4.78 is 0. The molecule has 12 heavy (non-hydrogen) atoms. The quantitative estimate of drug-likeness (QED) is 0.665. The number of rotatable bonds is 2. The van der Waals surface area contributed by atoms with Crippen LogP contribution in [0.1, 0.15) is 33.6 Å². The van der Waals surface area contributed by atoms with Crippen molar-refractivity contribution in [2.24, 2.45) is 23.2 Å². The first-order chi connectivity index (χ1) is 5.65. The van der Waals surface area contributed by atoms with Crippen LogP contribution in [0.2, 0.25) is 0 Å². The fourth-order valence-electron chi connectivity index (χ4n) is 3.42. The van der Waals surface area contributed by atoms with Crippen LogP contribution in [-0.2, 0) is 0 Å². The molecule has 2 rings (SSSR count). The molecule has 2 aliphatic rings. The standard InChI is InChI=1S/C11H21N/c1-8(2)5-11-7-12-6-10(11)4-9(11)3/h8-10,12H,4-7H2,1-3H3. The van der Waals surface area contributed by atoms with E-state index in [1.54, 1.807) is 0 Å². The van der Waals surface area contributed by atoms with E-state index in [1.807, 2.05) is 0 Å². The average molecular weight is 167 g/mol. The van der Waals surface area contributed by atoms with E-state index in [1.165, 1.54) is 25.9 Å². The number of hydrogen-bond acceptors (Lipinski definition) is 1. The Morgan fingerprint density at radius 1 is 1.50 bits per heavy atom. The van der Waals surface area contributed by atoms with Gasteiger partial charge in [0.1, 0.15) is 0 Å². The Labute approximate surface area is 75.9 Å². The highest BCUT2D eigenvalue weighted by atomic mass is 15.0. The minimum Gasteiger partial charge on any atom is -0.316 e. The van der Waals surface area contributed by atoms with Gasteiger partial charge in [-0.1, -0.05) is 20.8 Å². The van der Waals surface area contributed by atoms with Gasteiger partial charge in [-0.3, -0.25) is 0 Å². The Morgan fingerprint density at radius 3 is 2.75 bits per heavy atom. The molecule has 0 bridgehead atoms. The van der Waals surface area contributed by atoms with E-state index in [0.29, 0.717) is 5.41 Å². The van der Waals surface area contributed by atoms with Crippen molar-refractivity contribution in [2.45, 2.75) is 33.6 Å². The molecular formula is C11H21N. The number of hydrogen-bond donors (Lipinski definition) is 1. The van der Waals surface area contributed by atoms with Crippen LogP contribution in [0.15, 0.2) is 0 Å². The van der Waals surface area contributed by atoms with Crippen LogP contribution in [0.25, 0.3) is 0 Å². The summed E-state index contributed by atoms with van der Waals surface area (Å²) >= 11 is 0. The van der Waals surface area contributed by atoms with E-state index in [2.05, 4.69) is 26.1 Å². The predicted molar refractivity (Wildman–Crippen MR) is 52.0 cm³/mol. The summed E-state index contributed by atoms with van der Waals surface area (Å²) in [5, 5.41) is 3.56. The molecule has 3 unspecified atom stereocenters.